The zero-order chi connectivity index (χ0) is 11.5. The van der Waals surface area contributed by atoms with Crippen molar-refractivity contribution in [1.82, 2.24) is 10.2 Å². The number of hydrogen-bond donors (Lipinski definition) is 1. The van der Waals surface area contributed by atoms with Gasteiger partial charge in [-0.2, -0.15) is 0 Å². The van der Waals surface area contributed by atoms with Crippen LogP contribution in [0.5, 0.6) is 0 Å². The van der Waals surface area contributed by atoms with Gasteiger partial charge in [0.05, 0.1) is 25.9 Å². The highest BCUT2D eigenvalue weighted by molar-refractivity contribution is 4.85. The van der Waals surface area contributed by atoms with Crippen molar-refractivity contribution in [2.75, 3.05) is 40.0 Å². The van der Waals surface area contributed by atoms with Gasteiger partial charge in [-0.25, -0.2) is 0 Å². The summed E-state index contributed by atoms with van der Waals surface area (Å²) in [6.45, 7) is 9.18. The molecule has 0 radical (unpaired) electrons. The fourth-order valence-electron chi connectivity index (χ4n) is 2.63. The molecule has 0 aromatic carbocycles. The van der Waals surface area contributed by atoms with Crippen LogP contribution in [0.1, 0.15) is 13.8 Å². The summed E-state index contributed by atoms with van der Waals surface area (Å²) < 4.78 is 11.2. The van der Waals surface area contributed by atoms with Crippen molar-refractivity contribution < 1.29 is 9.47 Å². The van der Waals surface area contributed by atoms with Crippen LogP contribution in [0.2, 0.25) is 0 Å². The topological polar surface area (TPSA) is 33.7 Å². The molecular formula is C12H24N2O2. The third kappa shape index (κ3) is 2.74. The minimum atomic E-state index is 0.367. The molecule has 0 spiro atoms. The Labute approximate surface area is 98.3 Å². The number of nitrogens with one attached hydrogen (secondary N) is 1. The minimum Gasteiger partial charge on any atom is -0.379 e. The second-order valence-corrected chi connectivity index (χ2v) is 5.14. The van der Waals surface area contributed by atoms with Crippen LogP contribution in [-0.2, 0) is 9.47 Å². The van der Waals surface area contributed by atoms with Gasteiger partial charge in [0.25, 0.3) is 0 Å². The first kappa shape index (κ1) is 12.3. The van der Waals surface area contributed by atoms with Gasteiger partial charge in [0, 0.05) is 31.1 Å². The van der Waals surface area contributed by atoms with E-state index >= 15 is 0 Å². The van der Waals surface area contributed by atoms with Crippen LogP contribution in [0.4, 0.5) is 0 Å². The molecule has 4 heteroatoms. The first-order valence-electron chi connectivity index (χ1n) is 6.31. The molecule has 0 bridgehead atoms. The number of likely N-dealkylation sites (N-methyl/N-ethyl adjacent to an activating group) is 1. The standard InChI is InChI=1S/C12H24N2O2/c1-9-6-16-10(2)4-14(9)5-11-7-15-8-12(11)13-3/h9-13H,4-8H2,1-3H3. The Morgan fingerprint density at radius 1 is 1.25 bits per heavy atom. The molecule has 2 heterocycles. The van der Waals surface area contributed by atoms with E-state index in [0.717, 1.165) is 32.9 Å². The van der Waals surface area contributed by atoms with Gasteiger partial charge in [0.15, 0.2) is 0 Å². The largest absolute Gasteiger partial charge is 0.379 e. The molecule has 16 heavy (non-hydrogen) atoms. The first-order chi connectivity index (χ1) is 7.70. The van der Waals surface area contributed by atoms with Crippen LogP contribution < -0.4 is 5.32 Å². The van der Waals surface area contributed by atoms with Crippen molar-refractivity contribution in [2.24, 2.45) is 5.92 Å². The molecule has 4 atom stereocenters. The molecule has 2 saturated heterocycles. The molecule has 1 N–H and O–H groups in total. The number of morpholine rings is 1. The zero-order valence-electron chi connectivity index (χ0n) is 10.6. The van der Waals surface area contributed by atoms with E-state index in [2.05, 4.69) is 24.1 Å². The second-order valence-electron chi connectivity index (χ2n) is 5.14. The Morgan fingerprint density at radius 2 is 2.06 bits per heavy atom. The Bertz CT molecular complexity index is 225. The minimum absolute atomic E-state index is 0.367. The number of ether oxygens (including phenoxy) is 2. The van der Waals surface area contributed by atoms with Crippen LogP contribution in [0.15, 0.2) is 0 Å². The lowest BCUT2D eigenvalue weighted by atomic mass is 10.0. The van der Waals surface area contributed by atoms with Gasteiger partial charge in [-0.3, -0.25) is 4.90 Å². The molecule has 2 rings (SSSR count). The van der Waals surface area contributed by atoms with Gasteiger partial charge in [0.1, 0.15) is 0 Å². The monoisotopic (exact) mass is 228 g/mol. The predicted octanol–water partition coefficient (Wildman–Crippen LogP) is 0.330. The third-order valence-corrected chi connectivity index (χ3v) is 3.78. The normalized spacial score (nSPS) is 41.4. The van der Waals surface area contributed by atoms with Gasteiger partial charge in [-0.05, 0) is 20.9 Å². The molecule has 2 fully saturated rings. The second kappa shape index (κ2) is 5.45. The van der Waals surface area contributed by atoms with E-state index in [4.69, 9.17) is 9.47 Å². The van der Waals surface area contributed by atoms with Gasteiger partial charge in [0.2, 0.25) is 0 Å². The maximum Gasteiger partial charge on any atom is 0.0674 e. The average molecular weight is 228 g/mol. The van der Waals surface area contributed by atoms with Crippen LogP contribution in [0, 0.1) is 5.92 Å². The first-order valence-corrected chi connectivity index (χ1v) is 6.31. The predicted molar refractivity (Wildman–Crippen MR) is 63.6 cm³/mol. The van der Waals surface area contributed by atoms with Gasteiger partial charge in [-0.1, -0.05) is 0 Å². The van der Waals surface area contributed by atoms with E-state index in [-0.39, 0.29) is 0 Å². The highest BCUT2D eigenvalue weighted by Gasteiger charge is 2.32. The molecule has 0 aliphatic carbocycles. The van der Waals surface area contributed by atoms with E-state index in [1.54, 1.807) is 0 Å². The Balaban J connectivity index is 1.87. The molecule has 0 amide bonds. The zero-order valence-corrected chi connectivity index (χ0v) is 10.6. The summed E-state index contributed by atoms with van der Waals surface area (Å²) in [6, 6.07) is 1.06. The summed E-state index contributed by atoms with van der Waals surface area (Å²) in [7, 11) is 2.03. The highest BCUT2D eigenvalue weighted by Crippen LogP contribution is 2.19. The van der Waals surface area contributed by atoms with Crippen LogP contribution in [0.3, 0.4) is 0 Å². The van der Waals surface area contributed by atoms with Crippen molar-refractivity contribution in [2.45, 2.75) is 32.0 Å². The van der Waals surface area contributed by atoms with Crippen molar-refractivity contribution in [3.8, 4) is 0 Å². The van der Waals surface area contributed by atoms with Crippen molar-refractivity contribution in [1.29, 1.82) is 0 Å². The fourth-order valence-corrected chi connectivity index (χ4v) is 2.63. The number of rotatable bonds is 3. The average Bonchev–Trinajstić information content (AvgIpc) is 2.71. The summed E-state index contributed by atoms with van der Waals surface area (Å²) in [4.78, 5) is 2.54. The quantitative estimate of drug-likeness (QED) is 0.755. The van der Waals surface area contributed by atoms with Crippen molar-refractivity contribution >= 4 is 0 Å². The lowest BCUT2D eigenvalue weighted by Crippen LogP contribution is -2.51. The SMILES string of the molecule is CNC1COCC1CN1CC(C)OCC1C. The Morgan fingerprint density at radius 3 is 2.81 bits per heavy atom. The van der Waals surface area contributed by atoms with Gasteiger partial charge >= 0.3 is 0 Å². The molecule has 0 aromatic rings. The smallest absolute Gasteiger partial charge is 0.0674 e. The number of hydrogen-bond acceptors (Lipinski definition) is 4. The summed E-state index contributed by atoms with van der Waals surface area (Å²) in [5, 5.41) is 3.35. The van der Waals surface area contributed by atoms with E-state index in [1.807, 2.05) is 7.05 Å². The van der Waals surface area contributed by atoms with E-state index in [9.17, 15) is 0 Å². The Kier molecular flexibility index (Phi) is 4.19. The molecule has 4 nitrogen and oxygen atoms in total. The van der Waals surface area contributed by atoms with E-state index in [1.165, 1.54) is 0 Å². The highest BCUT2D eigenvalue weighted by atomic mass is 16.5. The molecule has 2 aliphatic heterocycles. The Hall–Kier alpha value is -0.160. The van der Waals surface area contributed by atoms with Crippen LogP contribution in [0.25, 0.3) is 0 Å². The molecule has 0 aromatic heterocycles. The summed E-state index contributed by atoms with van der Waals surface area (Å²) in [5.41, 5.74) is 0. The van der Waals surface area contributed by atoms with Crippen LogP contribution in [-0.4, -0.2) is 63.0 Å². The summed E-state index contributed by atoms with van der Waals surface area (Å²) in [5.74, 6) is 0.623. The van der Waals surface area contributed by atoms with E-state index in [0.29, 0.717) is 24.1 Å². The summed E-state index contributed by atoms with van der Waals surface area (Å²) >= 11 is 0. The summed E-state index contributed by atoms with van der Waals surface area (Å²) in [6.07, 6.45) is 0.367. The maximum atomic E-state index is 5.65. The lowest BCUT2D eigenvalue weighted by molar-refractivity contribution is -0.0550. The molecular weight excluding hydrogens is 204 g/mol. The number of nitrogens with zero attached hydrogens (tertiary/aromatic N) is 1. The van der Waals surface area contributed by atoms with Crippen molar-refractivity contribution in [3.05, 3.63) is 0 Å². The van der Waals surface area contributed by atoms with Gasteiger partial charge < -0.3 is 14.8 Å². The molecule has 0 saturated carbocycles. The fraction of sp³-hybridized carbons (Fsp3) is 1.00. The van der Waals surface area contributed by atoms with Crippen LogP contribution >= 0.6 is 0 Å². The van der Waals surface area contributed by atoms with Gasteiger partial charge in [-0.15, -0.1) is 0 Å². The van der Waals surface area contributed by atoms with E-state index < -0.39 is 0 Å². The third-order valence-electron chi connectivity index (χ3n) is 3.78. The molecule has 2 aliphatic rings. The molecule has 94 valence electrons. The maximum absolute atomic E-state index is 5.65. The lowest BCUT2D eigenvalue weighted by Gasteiger charge is -2.38. The van der Waals surface area contributed by atoms with Crippen molar-refractivity contribution in [3.63, 3.8) is 0 Å². The molecule has 4 unspecified atom stereocenters.